The third-order valence-electron chi connectivity index (χ3n) is 6.55. The van der Waals surface area contributed by atoms with Crippen molar-refractivity contribution in [2.75, 3.05) is 0 Å². The minimum atomic E-state index is -1.28. The summed E-state index contributed by atoms with van der Waals surface area (Å²) in [7, 11) is 0. The summed E-state index contributed by atoms with van der Waals surface area (Å²) < 4.78 is 16.9. The molecular formula is C30H24Cl2O7. The first-order valence-electron chi connectivity index (χ1n) is 12.1. The van der Waals surface area contributed by atoms with Crippen LogP contribution in [0.15, 0.2) is 67.0 Å². The Labute approximate surface area is 232 Å². The second kappa shape index (κ2) is 9.98. The Bertz CT molecular complexity index is 1760. The third-order valence-corrected chi connectivity index (χ3v) is 7.36. The molecule has 5 rings (SSSR count). The molecule has 0 spiro atoms. The van der Waals surface area contributed by atoms with Crippen LogP contribution in [0.4, 0.5) is 0 Å². The number of benzene rings is 3. The van der Waals surface area contributed by atoms with Crippen LogP contribution < -0.4 is 16.0 Å². The molecule has 2 N–H and O–H groups in total. The molecule has 0 fully saturated rings. The lowest BCUT2D eigenvalue weighted by molar-refractivity contribution is 0.242. The molecule has 2 aromatic heterocycles. The van der Waals surface area contributed by atoms with E-state index in [-0.39, 0.29) is 39.2 Å². The zero-order chi connectivity index (χ0) is 28.2. The molecule has 0 unspecified atom stereocenters. The molecule has 0 atom stereocenters. The van der Waals surface area contributed by atoms with E-state index in [0.717, 1.165) is 0 Å². The monoisotopic (exact) mass is 566 g/mol. The molecule has 200 valence electrons. The van der Waals surface area contributed by atoms with Crippen molar-refractivity contribution in [1.29, 1.82) is 0 Å². The second-order valence-electron chi connectivity index (χ2n) is 9.67. The van der Waals surface area contributed by atoms with Gasteiger partial charge in [0.15, 0.2) is 0 Å². The topological polar surface area (TPSA) is 110 Å². The molecule has 0 radical (unpaired) electrons. The zero-order valence-corrected chi connectivity index (χ0v) is 23.0. The molecule has 0 aliphatic carbocycles. The quantitative estimate of drug-likeness (QED) is 0.216. The standard InChI is InChI=1S/C30H24Cl2O7/c1-13(2)37-17-7-5-16(6-8-17)24(25-27(33)18-11-20(31)14(3)9-22(18)38-29(25)35)26-28(34)19-12-21(32)15(4)10-23(19)39-30(26)36/h5-13,24,33-34H,1-4H3. The van der Waals surface area contributed by atoms with Gasteiger partial charge in [-0.05, 0) is 80.8 Å². The molecule has 0 aliphatic rings. The van der Waals surface area contributed by atoms with Crippen LogP contribution in [0.1, 0.15) is 47.6 Å². The van der Waals surface area contributed by atoms with Crippen LogP contribution in [-0.2, 0) is 0 Å². The van der Waals surface area contributed by atoms with Gasteiger partial charge in [-0.3, -0.25) is 0 Å². The van der Waals surface area contributed by atoms with Gasteiger partial charge in [0.05, 0.1) is 33.9 Å². The van der Waals surface area contributed by atoms with Crippen LogP contribution >= 0.6 is 23.2 Å². The molecule has 5 aromatic rings. The van der Waals surface area contributed by atoms with Gasteiger partial charge in [0.1, 0.15) is 28.4 Å². The second-order valence-corrected chi connectivity index (χ2v) is 10.5. The molecule has 0 amide bonds. The van der Waals surface area contributed by atoms with E-state index in [2.05, 4.69) is 0 Å². The van der Waals surface area contributed by atoms with Crippen molar-refractivity contribution in [2.45, 2.75) is 39.7 Å². The van der Waals surface area contributed by atoms with Gasteiger partial charge in [0.25, 0.3) is 0 Å². The normalized spacial score (nSPS) is 11.7. The highest BCUT2D eigenvalue weighted by Crippen LogP contribution is 2.43. The van der Waals surface area contributed by atoms with E-state index in [1.807, 2.05) is 13.8 Å². The Balaban J connectivity index is 1.86. The van der Waals surface area contributed by atoms with Crippen molar-refractivity contribution in [3.63, 3.8) is 0 Å². The van der Waals surface area contributed by atoms with Crippen LogP contribution in [-0.4, -0.2) is 16.3 Å². The number of aromatic hydroxyl groups is 2. The molecule has 0 aliphatic heterocycles. The summed E-state index contributed by atoms with van der Waals surface area (Å²) >= 11 is 12.6. The summed E-state index contributed by atoms with van der Waals surface area (Å²) in [5.41, 5.74) is -0.371. The highest BCUT2D eigenvalue weighted by atomic mass is 35.5. The predicted molar refractivity (Wildman–Crippen MR) is 151 cm³/mol. The van der Waals surface area contributed by atoms with Gasteiger partial charge in [-0.1, -0.05) is 35.3 Å². The van der Waals surface area contributed by atoms with Crippen molar-refractivity contribution in [3.8, 4) is 17.2 Å². The first kappa shape index (κ1) is 26.7. The minimum Gasteiger partial charge on any atom is -0.507 e. The zero-order valence-electron chi connectivity index (χ0n) is 21.5. The highest BCUT2D eigenvalue weighted by molar-refractivity contribution is 6.32. The fourth-order valence-corrected chi connectivity index (χ4v) is 4.97. The van der Waals surface area contributed by atoms with Crippen molar-refractivity contribution < 1.29 is 23.8 Å². The van der Waals surface area contributed by atoms with Gasteiger partial charge >= 0.3 is 11.3 Å². The summed E-state index contributed by atoms with van der Waals surface area (Å²) in [6.07, 6.45) is -0.0822. The Kier molecular flexibility index (Phi) is 6.83. The molecule has 0 bridgehead atoms. The maximum atomic E-state index is 13.4. The Hall–Kier alpha value is -3.94. The van der Waals surface area contributed by atoms with Crippen LogP contribution in [0, 0.1) is 13.8 Å². The summed E-state index contributed by atoms with van der Waals surface area (Å²) in [5.74, 6) is -1.59. The number of aryl methyl sites for hydroxylation is 2. The predicted octanol–water partition coefficient (Wildman–Crippen LogP) is 7.20. The van der Waals surface area contributed by atoms with Crippen molar-refractivity contribution in [1.82, 2.24) is 0 Å². The van der Waals surface area contributed by atoms with E-state index in [9.17, 15) is 19.8 Å². The first-order valence-corrected chi connectivity index (χ1v) is 12.9. The Morgan fingerprint density at radius 3 is 1.59 bits per heavy atom. The van der Waals surface area contributed by atoms with Crippen molar-refractivity contribution in [2.24, 2.45) is 0 Å². The number of ether oxygens (including phenoxy) is 1. The first-order chi connectivity index (χ1) is 18.5. The number of halogens is 2. The van der Waals surface area contributed by atoms with Crippen LogP contribution in [0.25, 0.3) is 21.9 Å². The summed E-state index contributed by atoms with van der Waals surface area (Å²) in [4.78, 5) is 26.8. The van der Waals surface area contributed by atoms with Crippen molar-refractivity contribution >= 4 is 45.1 Å². The van der Waals surface area contributed by atoms with Crippen molar-refractivity contribution in [3.05, 3.63) is 107 Å². The Morgan fingerprint density at radius 1 is 0.744 bits per heavy atom. The summed E-state index contributed by atoms with van der Waals surface area (Å²) in [6, 6.07) is 12.7. The van der Waals surface area contributed by atoms with Gasteiger partial charge in [0.2, 0.25) is 0 Å². The van der Waals surface area contributed by atoms with Crippen LogP contribution in [0.5, 0.6) is 17.2 Å². The van der Waals surface area contributed by atoms with Gasteiger partial charge < -0.3 is 23.8 Å². The molecule has 3 aromatic carbocycles. The number of hydrogen-bond donors (Lipinski definition) is 2. The number of hydrogen-bond acceptors (Lipinski definition) is 7. The number of fused-ring (bicyclic) bond motifs is 2. The average molecular weight is 567 g/mol. The van der Waals surface area contributed by atoms with Gasteiger partial charge in [-0.25, -0.2) is 9.59 Å². The smallest absolute Gasteiger partial charge is 0.344 e. The average Bonchev–Trinajstić information content (AvgIpc) is 2.86. The third kappa shape index (κ3) is 4.73. The Morgan fingerprint density at radius 2 is 1.18 bits per heavy atom. The van der Waals surface area contributed by atoms with E-state index in [1.165, 1.54) is 12.1 Å². The van der Waals surface area contributed by atoms with Gasteiger partial charge in [-0.15, -0.1) is 0 Å². The molecule has 0 saturated heterocycles. The molecule has 7 nitrogen and oxygen atoms in total. The fraction of sp³-hybridized carbons (Fsp3) is 0.200. The minimum absolute atomic E-state index is 0.0822. The van der Waals surface area contributed by atoms with Crippen LogP contribution in [0.3, 0.4) is 0 Å². The molecule has 2 heterocycles. The summed E-state index contributed by atoms with van der Waals surface area (Å²) in [6.45, 7) is 7.24. The lowest BCUT2D eigenvalue weighted by atomic mass is 9.84. The lowest BCUT2D eigenvalue weighted by Gasteiger charge is -2.20. The lowest BCUT2D eigenvalue weighted by Crippen LogP contribution is -2.21. The maximum Gasteiger partial charge on any atom is 0.344 e. The van der Waals surface area contributed by atoms with Crippen LogP contribution in [0.2, 0.25) is 10.0 Å². The highest BCUT2D eigenvalue weighted by Gasteiger charge is 2.33. The van der Waals surface area contributed by atoms with E-state index < -0.39 is 28.7 Å². The summed E-state index contributed by atoms with van der Waals surface area (Å²) in [5, 5.41) is 23.9. The molecule has 39 heavy (non-hydrogen) atoms. The van der Waals surface area contributed by atoms with E-state index in [1.54, 1.807) is 50.2 Å². The molecule has 9 heteroatoms. The van der Waals surface area contributed by atoms with E-state index in [4.69, 9.17) is 36.8 Å². The number of rotatable bonds is 5. The van der Waals surface area contributed by atoms with Gasteiger partial charge in [0, 0.05) is 10.0 Å². The fourth-order valence-electron chi connectivity index (χ4n) is 4.64. The molecular weight excluding hydrogens is 543 g/mol. The largest absolute Gasteiger partial charge is 0.507 e. The SMILES string of the molecule is Cc1cc2oc(=O)c(C(c3ccc(OC(C)C)cc3)c3c(O)c4cc(Cl)c(C)cc4oc3=O)c(O)c2cc1Cl. The van der Waals surface area contributed by atoms with E-state index in [0.29, 0.717) is 32.5 Å². The molecule has 0 saturated carbocycles. The van der Waals surface area contributed by atoms with E-state index >= 15 is 0 Å². The maximum absolute atomic E-state index is 13.4. The van der Waals surface area contributed by atoms with Gasteiger partial charge in [-0.2, -0.15) is 0 Å².